The lowest BCUT2D eigenvalue weighted by atomic mass is 10.3. The van der Waals surface area contributed by atoms with Crippen LogP contribution in [0.25, 0.3) is 0 Å². The van der Waals surface area contributed by atoms with Gasteiger partial charge in [0.15, 0.2) is 0 Å². The molecule has 0 aliphatic rings. The van der Waals surface area contributed by atoms with Crippen molar-refractivity contribution < 1.29 is 14.0 Å². The fourth-order valence-corrected chi connectivity index (χ4v) is 0.537. The first-order chi connectivity index (χ1) is 5.95. The summed E-state index contributed by atoms with van der Waals surface area (Å²) in [6.07, 6.45) is -1.08. The number of rotatable bonds is 1. The van der Waals surface area contributed by atoms with Gasteiger partial charge in [0.1, 0.15) is 0 Å². The molecular formula is C6H4ClNO2. The normalized spacial score (nSPS) is 13.5. The molecule has 0 aromatic carbocycles. The van der Waals surface area contributed by atoms with Gasteiger partial charge in [0.25, 0.3) is 0 Å². The summed E-state index contributed by atoms with van der Waals surface area (Å²) < 4.78 is 21.4. The van der Waals surface area contributed by atoms with Crippen molar-refractivity contribution in [3.8, 4) is 0 Å². The molecule has 10 heavy (non-hydrogen) atoms. The molecule has 0 radical (unpaired) electrons. The maximum atomic E-state index is 10.5. The second-order valence-corrected chi connectivity index (χ2v) is 1.83. The molecule has 0 spiro atoms. The summed E-state index contributed by atoms with van der Waals surface area (Å²) in [6, 6.07) is -0.542. The number of hydrogen-bond donors (Lipinski definition) is 1. The highest BCUT2D eigenvalue weighted by atomic mass is 35.5. The molecule has 0 unspecified atom stereocenters. The Hall–Kier alpha value is -1.09. The molecule has 0 aliphatic heterocycles. The van der Waals surface area contributed by atoms with E-state index in [0.717, 1.165) is 0 Å². The van der Waals surface area contributed by atoms with E-state index in [-0.39, 0.29) is 5.02 Å². The van der Waals surface area contributed by atoms with Crippen molar-refractivity contribution in [2.75, 3.05) is 0 Å². The molecule has 3 nitrogen and oxygen atoms in total. The minimum absolute atomic E-state index is 0.353. The number of hydrogen-bond acceptors (Lipinski definition) is 2. The van der Waals surface area contributed by atoms with Crippen LogP contribution in [0.15, 0.2) is 18.4 Å². The van der Waals surface area contributed by atoms with Crippen LogP contribution in [-0.2, 0) is 0 Å². The van der Waals surface area contributed by atoms with Crippen LogP contribution in [0, 0.1) is 0 Å². The van der Waals surface area contributed by atoms with Gasteiger partial charge in [0, 0.05) is 12.3 Å². The summed E-state index contributed by atoms with van der Waals surface area (Å²) in [5.41, 5.74) is -0.582. The van der Waals surface area contributed by atoms with Gasteiger partial charge in [-0.3, -0.25) is 4.98 Å². The highest BCUT2D eigenvalue weighted by molar-refractivity contribution is 6.30. The van der Waals surface area contributed by atoms with Gasteiger partial charge in [-0.25, -0.2) is 4.79 Å². The van der Waals surface area contributed by atoms with E-state index in [4.69, 9.17) is 20.8 Å². The lowest BCUT2D eigenvalue weighted by Gasteiger charge is -1.91. The monoisotopic (exact) mass is 160 g/mol. The molecule has 0 amide bonds. The van der Waals surface area contributed by atoms with Gasteiger partial charge in [-0.15, -0.1) is 0 Å². The van der Waals surface area contributed by atoms with Crippen molar-refractivity contribution >= 4 is 17.6 Å². The number of carboxylic acid groups (broad SMARTS) is 1. The Balaban J connectivity index is 3.53. The van der Waals surface area contributed by atoms with E-state index in [2.05, 4.69) is 4.98 Å². The van der Waals surface area contributed by atoms with Gasteiger partial charge in [-0.2, -0.15) is 0 Å². The number of aromatic nitrogens is 1. The molecule has 0 saturated heterocycles. The van der Waals surface area contributed by atoms with E-state index in [0.29, 0.717) is 0 Å². The maximum absolute atomic E-state index is 10.5. The summed E-state index contributed by atoms with van der Waals surface area (Å²) in [5, 5.41) is 8.21. The molecule has 0 bridgehead atoms. The predicted molar refractivity (Wildman–Crippen MR) is 36.2 cm³/mol. The van der Waals surface area contributed by atoms with Gasteiger partial charge >= 0.3 is 5.97 Å². The van der Waals surface area contributed by atoms with Crippen LogP contribution in [0.3, 0.4) is 0 Å². The highest BCUT2D eigenvalue weighted by Crippen LogP contribution is 2.07. The number of halogens is 1. The molecule has 1 rings (SSSR count). The Labute approximate surface area is 66.5 Å². The molecule has 1 aromatic rings. The van der Waals surface area contributed by atoms with E-state index >= 15 is 0 Å². The molecule has 0 atom stereocenters. The molecule has 52 valence electrons. The van der Waals surface area contributed by atoms with Crippen LogP contribution < -0.4 is 0 Å². The third-order valence-corrected chi connectivity index (χ3v) is 0.949. The molecule has 1 aromatic heterocycles. The molecule has 4 heteroatoms. The molecule has 1 N–H and O–H groups in total. The van der Waals surface area contributed by atoms with E-state index in [1.54, 1.807) is 0 Å². The maximum Gasteiger partial charge on any atom is 0.337 e. The molecule has 0 aliphatic carbocycles. The first-order valence-corrected chi connectivity index (χ1v) is 2.69. The number of carboxylic acids is 1. The quantitative estimate of drug-likeness (QED) is 0.676. The summed E-state index contributed by atoms with van der Waals surface area (Å²) in [7, 11) is 0. The van der Waals surface area contributed by atoms with Crippen molar-refractivity contribution in [1.82, 2.24) is 4.98 Å². The average molecular weight is 161 g/mol. The van der Waals surface area contributed by atoms with Crippen LogP contribution in [0.1, 0.15) is 14.5 Å². The number of carbonyl (C=O) groups is 1. The number of nitrogens with zero attached hydrogens (tertiary/aromatic N) is 1. The van der Waals surface area contributed by atoms with Crippen molar-refractivity contribution in [3.63, 3.8) is 0 Å². The average Bonchev–Trinajstić information content (AvgIpc) is 1.99. The molecular weight excluding hydrogens is 154 g/mol. The molecule has 1 heterocycles. The SMILES string of the molecule is [2H]c1nc([2H])c(C(=O)O)c([2H])c1Cl. The first kappa shape index (κ1) is 3.93. The van der Waals surface area contributed by atoms with Gasteiger partial charge in [-0.05, 0) is 6.04 Å². The Morgan fingerprint density at radius 3 is 3.10 bits per heavy atom. The second-order valence-electron chi connectivity index (χ2n) is 1.45. The topological polar surface area (TPSA) is 50.2 Å². The zero-order valence-corrected chi connectivity index (χ0v) is 5.44. The summed E-state index contributed by atoms with van der Waals surface area (Å²) in [5.74, 6) is -1.44. The fraction of sp³-hybridized carbons (Fsp3) is 0. The van der Waals surface area contributed by atoms with Crippen molar-refractivity contribution in [2.24, 2.45) is 0 Å². The van der Waals surface area contributed by atoms with Crippen molar-refractivity contribution in [1.29, 1.82) is 0 Å². The van der Waals surface area contributed by atoms with Crippen LogP contribution >= 0.6 is 11.6 Å². The van der Waals surface area contributed by atoms with Gasteiger partial charge < -0.3 is 5.11 Å². The van der Waals surface area contributed by atoms with Crippen LogP contribution in [-0.4, -0.2) is 16.1 Å². The number of pyridine rings is 1. The standard InChI is InChI=1S/C6H4ClNO2/c7-5-1-4(6(9)10)2-8-3-5/h1-3H,(H,9,10)/i1D,2D,3D. The molecule has 0 saturated carbocycles. The molecule has 0 fully saturated rings. The van der Waals surface area contributed by atoms with E-state index < -0.39 is 29.9 Å². The van der Waals surface area contributed by atoms with Crippen LogP contribution in [0.5, 0.6) is 0 Å². The fourth-order valence-electron chi connectivity index (χ4n) is 0.400. The lowest BCUT2D eigenvalue weighted by molar-refractivity contribution is 0.0696. The first-order valence-electron chi connectivity index (χ1n) is 3.81. The Kier molecular flexibility index (Phi) is 1.05. The zero-order chi connectivity index (χ0) is 10.2. The summed E-state index contributed by atoms with van der Waals surface area (Å²) >= 11 is 5.41. The third-order valence-electron chi connectivity index (χ3n) is 0.770. The second kappa shape index (κ2) is 2.66. The summed E-state index contributed by atoms with van der Waals surface area (Å²) in [4.78, 5) is 13.8. The van der Waals surface area contributed by atoms with Crippen LogP contribution in [0.4, 0.5) is 0 Å². The van der Waals surface area contributed by atoms with Crippen molar-refractivity contribution in [3.05, 3.63) is 29.0 Å². The summed E-state index contributed by atoms with van der Waals surface area (Å²) in [6.45, 7) is 0. The zero-order valence-electron chi connectivity index (χ0n) is 7.68. The Bertz CT molecular complexity index is 383. The van der Waals surface area contributed by atoms with E-state index in [1.807, 2.05) is 0 Å². The Morgan fingerprint density at radius 1 is 1.80 bits per heavy atom. The Morgan fingerprint density at radius 2 is 2.50 bits per heavy atom. The van der Waals surface area contributed by atoms with Gasteiger partial charge in [0.2, 0.25) is 0 Å². The third kappa shape index (κ3) is 1.45. The highest BCUT2D eigenvalue weighted by Gasteiger charge is 2.01. The van der Waals surface area contributed by atoms with Crippen molar-refractivity contribution in [2.45, 2.75) is 0 Å². The predicted octanol–water partition coefficient (Wildman–Crippen LogP) is 1.43. The van der Waals surface area contributed by atoms with E-state index in [1.165, 1.54) is 0 Å². The van der Waals surface area contributed by atoms with E-state index in [9.17, 15) is 4.79 Å². The lowest BCUT2D eigenvalue weighted by Crippen LogP contribution is -1.95. The largest absolute Gasteiger partial charge is 0.478 e. The van der Waals surface area contributed by atoms with Crippen LogP contribution in [0.2, 0.25) is 5.02 Å². The number of aromatic carboxylic acids is 1. The minimum atomic E-state index is -1.44. The minimum Gasteiger partial charge on any atom is -0.478 e. The smallest absolute Gasteiger partial charge is 0.337 e. The van der Waals surface area contributed by atoms with Gasteiger partial charge in [-0.1, -0.05) is 11.6 Å². The van der Waals surface area contributed by atoms with Gasteiger partial charge in [0.05, 0.1) is 14.7 Å².